The Morgan fingerprint density at radius 3 is 2.72 bits per heavy atom. The maximum atomic E-state index is 14.5. The van der Waals surface area contributed by atoms with Crippen LogP contribution in [0.25, 0.3) is 5.57 Å². The molecule has 1 aliphatic rings. The molecule has 3 rings (SSSR count). The summed E-state index contributed by atoms with van der Waals surface area (Å²) in [7, 11) is 0. The topological polar surface area (TPSA) is 20.3 Å². The van der Waals surface area contributed by atoms with Crippen LogP contribution in [0, 0.1) is 5.82 Å². The van der Waals surface area contributed by atoms with Gasteiger partial charge in [-0.25, -0.2) is 4.39 Å². The quantitative estimate of drug-likeness (QED) is 0.659. The Bertz CT molecular complexity index is 819. The van der Waals surface area contributed by atoms with Crippen molar-refractivity contribution >= 4 is 40.5 Å². The van der Waals surface area contributed by atoms with Crippen LogP contribution in [0.3, 0.4) is 0 Å². The Balaban J connectivity index is 2.04. The van der Waals surface area contributed by atoms with E-state index < -0.39 is 0 Å². The highest BCUT2D eigenvalue weighted by atomic mass is 35.5. The first kappa shape index (κ1) is 18.0. The van der Waals surface area contributed by atoms with E-state index >= 15 is 0 Å². The average Bonchev–Trinajstić information content (AvgIpc) is 2.74. The number of thioether (sulfide) groups is 1. The first-order valence-corrected chi connectivity index (χ1v) is 9.55. The molecule has 130 valence electrons. The van der Waals surface area contributed by atoms with Gasteiger partial charge in [-0.3, -0.25) is 4.79 Å². The zero-order valence-electron chi connectivity index (χ0n) is 14.0. The molecule has 25 heavy (non-hydrogen) atoms. The molecule has 0 bridgehead atoms. The number of carbonyl (C=O) groups is 1. The second-order valence-corrected chi connectivity index (χ2v) is 7.53. The largest absolute Gasteiger partial charge is 0.307 e. The lowest BCUT2D eigenvalue weighted by Gasteiger charge is -2.24. The van der Waals surface area contributed by atoms with Gasteiger partial charge in [0.1, 0.15) is 5.82 Å². The normalized spacial score (nSPS) is 14.2. The number of benzene rings is 2. The number of rotatable bonds is 4. The lowest BCUT2D eigenvalue weighted by molar-refractivity contribution is -0.118. The molecule has 1 amide bonds. The van der Waals surface area contributed by atoms with Crippen molar-refractivity contribution in [1.82, 2.24) is 0 Å². The van der Waals surface area contributed by atoms with Crippen LogP contribution in [0.15, 0.2) is 47.9 Å². The fourth-order valence-corrected chi connectivity index (χ4v) is 3.92. The zero-order chi connectivity index (χ0) is 18.0. The smallest absolute Gasteiger partial charge is 0.228 e. The van der Waals surface area contributed by atoms with Gasteiger partial charge in [-0.1, -0.05) is 37.2 Å². The van der Waals surface area contributed by atoms with Crippen LogP contribution < -0.4 is 4.90 Å². The van der Waals surface area contributed by atoms with Crippen molar-refractivity contribution in [3.8, 4) is 0 Å². The van der Waals surface area contributed by atoms with Gasteiger partial charge in [0, 0.05) is 27.7 Å². The first-order chi connectivity index (χ1) is 12.0. The lowest BCUT2D eigenvalue weighted by Crippen LogP contribution is -2.30. The molecule has 2 nitrogen and oxygen atoms in total. The van der Waals surface area contributed by atoms with Crippen molar-refractivity contribution in [1.29, 1.82) is 0 Å². The minimum atomic E-state index is -0.279. The number of halogens is 2. The summed E-state index contributed by atoms with van der Waals surface area (Å²) in [6.45, 7) is 6.33. The zero-order valence-corrected chi connectivity index (χ0v) is 15.6. The van der Waals surface area contributed by atoms with Crippen LogP contribution in [0.4, 0.5) is 10.1 Å². The van der Waals surface area contributed by atoms with Gasteiger partial charge in [0.15, 0.2) is 0 Å². The maximum absolute atomic E-state index is 14.5. The summed E-state index contributed by atoms with van der Waals surface area (Å²) < 4.78 is 14.5. The van der Waals surface area contributed by atoms with Crippen LogP contribution >= 0.6 is 23.4 Å². The summed E-state index contributed by atoms with van der Waals surface area (Å²) >= 11 is 7.46. The van der Waals surface area contributed by atoms with E-state index in [1.54, 1.807) is 11.0 Å². The van der Waals surface area contributed by atoms with E-state index in [2.05, 4.69) is 6.58 Å². The van der Waals surface area contributed by atoms with Gasteiger partial charge < -0.3 is 4.90 Å². The predicted octanol–water partition coefficient (Wildman–Crippen LogP) is 5.93. The van der Waals surface area contributed by atoms with E-state index in [-0.39, 0.29) is 11.7 Å². The van der Waals surface area contributed by atoms with E-state index in [0.717, 1.165) is 21.7 Å². The predicted molar refractivity (Wildman–Crippen MR) is 104 cm³/mol. The van der Waals surface area contributed by atoms with E-state index in [9.17, 15) is 9.18 Å². The molecule has 0 aromatic heterocycles. The van der Waals surface area contributed by atoms with Gasteiger partial charge in [-0.05, 0) is 41.8 Å². The minimum absolute atomic E-state index is 0.0425. The van der Waals surface area contributed by atoms with Gasteiger partial charge in [-0.15, -0.1) is 11.8 Å². The van der Waals surface area contributed by atoms with Gasteiger partial charge >= 0.3 is 0 Å². The van der Waals surface area contributed by atoms with Crippen LogP contribution in [-0.2, 0) is 11.3 Å². The van der Waals surface area contributed by atoms with Crippen molar-refractivity contribution in [2.75, 3.05) is 10.7 Å². The maximum Gasteiger partial charge on any atom is 0.228 e. The molecule has 2 aromatic rings. The van der Waals surface area contributed by atoms with Crippen molar-refractivity contribution in [3.05, 3.63) is 64.9 Å². The van der Waals surface area contributed by atoms with Crippen LogP contribution in [0.5, 0.6) is 0 Å². The number of hydrogen-bond acceptors (Lipinski definition) is 2. The second kappa shape index (κ2) is 7.63. The molecular formula is C20H19ClFNOS. The Kier molecular flexibility index (Phi) is 5.50. The third-order valence-corrected chi connectivity index (χ3v) is 5.57. The molecule has 0 N–H and O–H groups in total. The molecule has 0 aliphatic carbocycles. The van der Waals surface area contributed by atoms with Gasteiger partial charge in [0.05, 0.1) is 12.2 Å². The van der Waals surface area contributed by atoms with Crippen LogP contribution in [0.1, 0.15) is 30.9 Å². The standard InChI is InChI=1S/C20H19ClFNOS/c1-3-13(2)16-10-18-19(11-17(16)22)25-9-8-20(24)23(18)12-14-4-6-15(21)7-5-14/h4-7,10-11H,2-3,8-9,12H2,1H3. The van der Waals surface area contributed by atoms with E-state index in [1.807, 2.05) is 31.2 Å². The van der Waals surface area contributed by atoms with Gasteiger partial charge in [0.2, 0.25) is 5.91 Å². The third-order valence-electron chi connectivity index (χ3n) is 4.28. The molecule has 0 spiro atoms. The molecule has 0 radical (unpaired) electrons. The third kappa shape index (κ3) is 3.91. The average molecular weight is 376 g/mol. The van der Waals surface area contributed by atoms with Crippen LogP contribution in [0.2, 0.25) is 5.02 Å². The Morgan fingerprint density at radius 1 is 1.32 bits per heavy atom. The monoisotopic (exact) mass is 375 g/mol. The summed E-state index contributed by atoms with van der Waals surface area (Å²) in [5.41, 5.74) is 2.95. The van der Waals surface area contributed by atoms with Gasteiger partial charge in [0.25, 0.3) is 0 Å². The molecule has 5 heteroatoms. The summed E-state index contributed by atoms with van der Waals surface area (Å²) in [6.07, 6.45) is 1.09. The van der Waals surface area contributed by atoms with Crippen molar-refractivity contribution in [3.63, 3.8) is 0 Å². The van der Waals surface area contributed by atoms with Crippen molar-refractivity contribution in [2.45, 2.75) is 31.2 Å². The number of amides is 1. The van der Waals surface area contributed by atoms with Crippen molar-refractivity contribution in [2.24, 2.45) is 0 Å². The van der Waals surface area contributed by atoms with E-state index in [4.69, 9.17) is 11.6 Å². The number of anilines is 1. The van der Waals surface area contributed by atoms with E-state index in [1.165, 1.54) is 17.8 Å². The summed E-state index contributed by atoms with van der Waals surface area (Å²) in [5.74, 6) is 0.413. The molecule has 0 atom stereocenters. The van der Waals surface area contributed by atoms with Gasteiger partial charge in [-0.2, -0.15) is 0 Å². The SMILES string of the molecule is C=C(CC)c1cc2c(cc1F)SCCC(=O)N2Cc1ccc(Cl)cc1. The molecule has 0 fully saturated rings. The Morgan fingerprint density at radius 2 is 2.04 bits per heavy atom. The number of carbonyl (C=O) groups excluding carboxylic acids is 1. The second-order valence-electron chi connectivity index (χ2n) is 5.96. The number of fused-ring (bicyclic) bond motifs is 1. The summed E-state index contributed by atoms with van der Waals surface area (Å²) in [6, 6.07) is 10.7. The molecular weight excluding hydrogens is 357 g/mol. The van der Waals surface area contributed by atoms with Crippen molar-refractivity contribution < 1.29 is 9.18 Å². The highest BCUT2D eigenvalue weighted by Crippen LogP contribution is 2.38. The summed E-state index contributed by atoms with van der Waals surface area (Å²) in [4.78, 5) is 15.2. The molecule has 0 unspecified atom stereocenters. The Labute approximate surface area is 156 Å². The number of allylic oxidation sites excluding steroid dienone is 1. The highest BCUT2D eigenvalue weighted by molar-refractivity contribution is 7.99. The summed E-state index contributed by atoms with van der Waals surface area (Å²) in [5, 5.41) is 0.658. The fraction of sp³-hybridized carbons (Fsp3) is 0.250. The molecule has 0 saturated carbocycles. The molecule has 1 aliphatic heterocycles. The van der Waals surface area contributed by atoms with Crippen LogP contribution in [-0.4, -0.2) is 11.7 Å². The number of nitrogens with zero attached hydrogens (tertiary/aromatic N) is 1. The lowest BCUT2D eigenvalue weighted by atomic mass is 10.0. The number of hydrogen-bond donors (Lipinski definition) is 0. The fourth-order valence-electron chi connectivity index (χ4n) is 2.79. The Hall–Kier alpha value is -1.78. The minimum Gasteiger partial charge on any atom is -0.307 e. The van der Waals surface area contributed by atoms with E-state index in [0.29, 0.717) is 35.7 Å². The highest BCUT2D eigenvalue weighted by Gasteiger charge is 2.25. The molecule has 2 aromatic carbocycles. The molecule has 0 saturated heterocycles. The first-order valence-electron chi connectivity index (χ1n) is 8.19. The molecule has 1 heterocycles.